The molecule has 0 radical (unpaired) electrons. The molecule has 1 unspecified atom stereocenters. The minimum Gasteiger partial charge on any atom is -0.464 e. The van der Waals surface area contributed by atoms with Crippen LogP contribution < -0.4 is 10.6 Å². The zero-order chi connectivity index (χ0) is 16.4. The van der Waals surface area contributed by atoms with Crippen molar-refractivity contribution >= 4 is 16.9 Å². The molecule has 0 saturated carbocycles. The van der Waals surface area contributed by atoms with Gasteiger partial charge in [-0.05, 0) is 55.5 Å². The molecule has 23 heavy (non-hydrogen) atoms. The quantitative estimate of drug-likeness (QED) is 0.890. The standard InChI is InChI=1S/C19H26N2O2/c1-12(2)16-9-17-14(11-23-18(17)7-13(16)3)8-19(22)21-10-15-5-4-6-20-15/h7,9,11-12,15,20H,4-6,8,10H2,1-3H3,(H,21,22). The van der Waals surface area contributed by atoms with Crippen molar-refractivity contribution in [2.45, 2.75) is 52.0 Å². The third-order valence-corrected chi connectivity index (χ3v) is 4.72. The first-order chi connectivity index (χ1) is 11.0. The van der Waals surface area contributed by atoms with Gasteiger partial charge in [-0.1, -0.05) is 13.8 Å². The molecular formula is C19H26N2O2. The summed E-state index contributed by atoms with van der Waals surface area (Å²) in [6, 6.07) is 4.68. The highest BCUT2D eigenvalue weighted by Gasteiger charge is 2.17. The maximum absolute atomic E-state index is 12.2. The van der Waals surface area contributed by atoms with Crippen LogP contribution in [0.2, 0.25) is 0 Å². The number of amides is 1. The predicted molar refractivity (Wildman–Crippen MR) is 92.8 cm³/mol. The maximum atomic E-state index is 12.2. The number of carbonyl (C=O) groups excluding carboxylic acids is 1. The van der Waals surface area contributed by atoms with Crippen molar-refractivity contribution < 1.29 is 9.21 Å². The summed E-state index contributed by atoms with van der Waals surface area (Å²) in [6.45, 7) is 8.26. The van der Waals surface area contributed by atoms with E-state index in [1.807, 2.05) is 0 Å². The van der Waals surface area contributed by atoms with Gasteiger partial charge in [0.25, 0.3) is 0 Å². The Hall–Kier alpha value is -1.81. The number of hydrogen-bond acceptors (Lipinski definition) is 3. The third-order valence-electron chi connectivity index (χ3n) is 4.72. The number of carbonyl (C=O) groups is 1. The summed E-state index contributed by atoms with van der Waals surface area (Å²) in [6.07, 6.45) is 4.44. The molecule has 1 saturated heterocycles. The molecular weight excluding hydrogens is 288 g/mol. The fourth-order valence-electron chi connectivity index (χ4n) is 3.41. The smallest absolute Gasteiger partial charge is 0.224 e. The summed E-state index contributed by atoms with van der Waals surface area (Å²) < 4.78 is 5.65. The van der Waals surface area contributed by atoms with Crippen molar-refractivity contribution in [3.8, 4) is 0 Å². The monoisotopic (exact) mass is 314 g/mol. The van der Waals surface area contributed by atoms with Crippen molar-refractivity contribution in [1.82, 2.24) is 10.6 Å². The summed E-state index contributed by atoms with van der Waals surface area (Å²) in [4.78, 5) is 12.2. The average Bonchev–Trinajstić information content (AvgIpc) is 3.14. The van der Waals surface area contributed by atoms with Gasteiger partial charge in [-0.25, -0.2) is 0 Å². The fourth-order valence-corrected chi connectivity index (χ4v) is 3.41. The summed E-state index contributed by atoms with van der Waals surface area (Å²) in [5.41, 5.74) is 4.40. The van der Waals surface area contributed by atoms with Gasteiger partial charge in [-0.15, -0.1) is 0 Å². The summed E-state index contributed by atoms with van der Waals surface area (Å²) in [7, 11) is 0. The molecule has 1 aliphatic rings. The number of aryl methyl sites for hydroxylation is 1. The highest BCUT2D eigenvalue weighted by molar-refractivity contribution is 5.88. The predicted octanol–water partition coefficient (Wildman–Crippen LogP) is 3.28. The molecule has 2 heterocycles. The topological polar surface area (TPSA) is 54.3 Å². The van der Waals surface area contributed by atoms with Gasteiger partial charge in [0.15, 0.2) is 0 Å². The van der Waals surface area contributed by atoms with Crippen LogP contribution in [0.4, 0.5) is 0 Å². The number of nitrogens with one attached hydrogen (secondary N) is 2. The second-order valence-electron chi connectivity index (χ2n) is 6.89. The van der Waals surface area contributed by atoms with Crippen molar-refractivity contribution in [3.63, 3.8) is 0 Å². The lowest BCUT2D eigenvalue weighted by molar-refractivity contribution is -0.120. The van der Waals surface area contributed by atoms with E-state index in [4.69, 9.17) is 4.42 Å². The van der Waals surface area contributed by atoms with E-state index in [1.54, 1.807) is 6.26 Å². The molecule has 3 rings (SSSR count). The van der Waals surface area contributed by atoms with E-state index in [9.17, 15) is 4.79 Å². The second-order valence-corrected chi connectivity index (χ2v) is 6.89. The van der Waals surface area contributed by atoms with E-state index < -0.39 is 0 Å². The largest absolute Gasteiger partial charge is 0.464 e. The first-order valence-corrected chi connectivity index (χ1v) is 8.55. The Morgan fingerprint density at radius 3 is 2.96 bits per heavy atom. The summed E-state index contributed by atoms with van der Waals surface area (Å²) in [5.74, 6) is 0.525. The van der Waals surface area contributed by atoms with Crippen LogP contribution in [-0.4, -0.2) is 25.0 Å². The van der Waals surface area contributed by atoms with Crippen LogP contribution in [0.3, 0.4) is 0 Å². The van der Waals surface area contributed by atoms with E-state index in [1.165, 1.54) is 17.5 Å². The van der Waals surface area contributed by atoms with Gasteiger partial charge in [0.1, 0.15) is 5.58 Å². The molecule has 124 valence electrons. The minimum atomic E-state index is 0.0630. The molecule has 1 aromatic heterocycles. The van der Waals surface area contributed by atoms with E-state index in [0.717, 1.165) is 29.5 Å². The Morgan fingerprint density at radius 2 is 2.26 bits per heavy atom. The van der Waals surface area contributed by atoms with Gasteiger partial charge < -0.3 is 15.1 Å². The zero-order valence-electron chi connectivity index (χ0n) is 14.2. The van der Waals surface area contributed by atoms with Crippen LogP contribution in [-0.2, 0) is 11.2 Å². The number of fused-ring (bicyclic) bond motifs is 1. The first kappa shape index (κ1) is 16.1. The highest BCUT2D eigenvalue weighted by Crippen LogP contribution is 2.29. The lowest BCUT2D eigenvalue weighted by Gasteiger charge is -2.12. The van der Waals surface area contributed by atoms with Crippen molar-refractivity contribution in [2.75, 3.05) is 13.1 Å². The minimum absolute atomic E-state index is 0.0630. The van der Waals surface area contributed by atoms with Crippen molar-refractivity contribution in [3.05, 3.63) is 35.1 Å². The molecule has 1 atom stereocenters. The maximum Gasteiger partial charge on any atom is 0.224 e. The summed E-state index contributed by atoms with van der Waals surface area (Å²) >= 11 is 0. The second kappa shape index (κ2) is 6.75. The van der Waals surface area contributed by atoms with Crippen LogP contribution in [0.1, 0.15) is 49.3 Å². The first-order valence-electron chi connectivity index (χ1n) is 8.55. The molecule has 0 bridgehead atoms. The Kier molecular flexibility index (Phi) is 4.71. The number of furan rings is 1. The van der Waals surface area contributed by atoms with Crippen LogP contribution in [0, 0.1) is 6.92 Å². The number of rotatable bonds is 5. The van der Waals surface area contributed by atoms with Gasteiger partial charge in [0.05, 0.1) is 12.7 Å². The van der Waals surface area contributed by atoms with Crippen LogP contribution in [0.25, 0.3) is 11.0 Å². The van der Waals surface area contributed by atoms with Gasteiger partial charge in [0, 0.05) is 23.5 Å². The fraction of sp³-hybridized carbons (Fsp3) is 0.526. The van der Waals surface area contributed by atoms with Gasteiger partial charge >= 0.3 is 0 Å². The molecule has 2 aromatic rings. The van der Waals surface area contributed by atoms with Crippen LogP contribution >= 0.6 is 0 Å². The number of benzene rings is 1. The highest BCUT2D eigenvalue weighted by atomic mass is 16.3. The Balaban J connectivity index is 1.71. The van der Waals surface area contributed by atoms with E-state index >= 15 is 0 Å². The average molecular weight is 314 g/mol. The van der Waals surface area contributed by atoms with E-state index in [-0.39, 0.29) is 5.91 Å². The molecule has 1 fully saturated rings. The molecule has 1 aromatic carbocycles. The molecule has 0 aliphatic carbocycles. The Labute approximate surface area is 137 Å². The molecule has 4 nitrogen and oxygen atoms in total. The van der Waals surface area contributed by atoms with Crippen LogP contribution in [0.15, 0.2) is 22.8 Å². The lowest BCUT2D eigenvalue weighted by atomic mass is 9.95. The van der Waals surface area contributed by atoms with Gasteiger partial charge in [0.2, 0.25) is 5.91 Å². The molecule has 1 aliphatic heterocycles. The molecule has 4 heteroatoms. The molecule has 0 spiro atoms. The normalized spacial score (nSPS) is 18.0. The zero-order valence-corrected chi connectivity index (χ0v) is 14.2. The third kappa shape index (κ3) is 3.58. The van der Waals surface area contributed by atoms with Crippen molar-refractivity contribution in [1.29, 1.82) is 0 Å². The van der Waals surface area contributed by atoms with Gasteiger partial charge in [-0.3, -0.25) is 4.79 Å². The molecule has 2 N–H and O–H groups in total. The SMILES string of the molecule is Cc1cc2occ(CC(=O)NCC3CCCN3)c2cc1C(C)C. The summed E-state index contributed by atoms with van der Waals surface area (Å²) in [5, 5.41) is 7.49. The van der Waals surface area contributed by atoms with Crippen LogP contribution in [0.5, 0.6) is 0 Å². The van der Waals surface area contributed by atoms with Gasteiger partial charge in [-0.2, -0.15) is 0 Å². The molecule has 1 amide bonds. The lowest BCUT2D eigenvalue weighted by Crippen LogP contribution is -2.37. The van der Waals surface area contributed by atoms with E-state index in [2.05, 4.69) is 43.5 Å². The Bertz CT molecular complexity index is 697. The van der Waals surface area contributed by atoms with E-state index in [0.29, 0.717) is 24.9 Å². The van der Waals surface area contributed by atoms with Crippen molar-refractivity contribution in [2.24, 2.45) is 0 Å². The Morgan fingerprint density at radius 1 is 1.43 bits per heavy atom. The number of hydrogen-bond donors (Lipinski definition) is 2.